The lowest BCUT2D eigenvalue weighted by atomic mass is 9.95. The van der Waals surface area contributed by atoms with E-state index in [0.717, 1.165) is 60.3 Å². The normalized spacial score (nSPS) is 25.3. The second kappa shape index (κ2) is 10.2. The van der Waals surface area contributed by atoms with E-state index in [1.807, 2.05) is 23.2 Å². The van der Waals surface area contributed by atoms with Crippen LogP contribution in [-0.4, -0.2) is 79.5 Å². The van der Waals surface area contributed by atoms with Gasteiger partial charge in [-0.25, -0.2) is 19.9 Å². The van der Waals surface area contributed by atoms with Crippen molar-refractivity contribution in [2.45, 2.75) is 76.6 Å². The molecular weight excluding hydrogens is 504 g/mol. The number of fused-ring (bicyclic) bond motifs is 4. The predicted octanol–water partition coefficient (Wildman–Crippen LogP) is 3.57. The number of rotatable bonds is 5. The number of aliphatic hydroxyl groups is 1. The Morgan fingerprint density at radius 3 is 2.62 bits per heavy atom. The van der Waals surface area contributed by atoms with Crippen molar-refractivity contribution in [3.63, 3.8) is 0 Å². The second-order valence-electron chi connectivity index (χ2n) is 12.1. The van der Waals surface area contributed by atoms with Crippen molar-refractivity contribution in [1.29, 1.82) is 0 Å². The number of nitrogens with one attached hydrogen (secondary N) is 1. The molecule has 2 N–H and O–H groups in total. The molecule has 1 unspecified atom stereocenters. The number of anilines is 3. The molecule has 2 atom stereocenters. The summed E-state index contributed by atoms with van der Waals surface area (Å²) in [4.78, 5) is 39.2. The van der Waals surface area contributed by atoms with Gasteiger partial charge in [-0.2, -0.15) is 0 Å². The summed E-state index contributed by atoms with van der Waals surface area (Å²) in [6.45, 7) is 5.00. The largest absolute Gasteiger partial charge is 0.387 e. The monoisotopic (exact) mass is 542 g/mol. The number of likely N-dealkylation sites (tertiary alicyclic amines) is 1. The van der Waals surface area contributed by atoms with Gasteiger partial charge in [-0.05, 0) is 76.7 Å². The van der Waals surface area contributed by atoms with Gasteiger partial charge in [-0.3, -0.25) is 4.79 Å². The van der Waals surface area contributed by atoms with E-state index in [1.54, 1.807) is 6.92 Å². The number of hydrogen-bond donors (Lipinski definition) is 2. The Hall–Kier alpha value is -3.37. The topological polar surface area (TPSA) is 111 Å². The van der Waals surface area contributed by atoms with Crippen molar-refractivity contribution in [3.05, 3.63) is 41.3 Å². The molecule has 0 aliphatic carbocycles. The number of carbonyl (C=O) groups excluding carboxylic acids is 1. The number of hydrogen-bond acceptors (Lipinski definition) is 9. The fourth-order valence-electron chi connectivity index (χ4n) is 7.17. The number of pyridine rings is 2. The smallest absolute Gasteiger partial charge is 0.229 e. The van der Waals surface area contributed by atoms with Crippen LogP contribution in [0, 0.1) is 5.92 Å². The molecule has 7 heterocycles. The highest BCUT2D eigenvalue weighted by Gasteiger charge is 2.41. The van der Waals surface area contributed by atoms with Gasteiger partial charge in [0.15, 0.2) is 5.82 Å². The van der Waals surface area contributed by atoms with Gasteiger partial charge >= 0.3 is 0 Å². The minimum Gasteiger partial charge on any atom is -0.387 e. The van der Waals surface area contributed by atoms with E-state index >= 15 is 0 Å². The fraction of sp³-hybridized carbons (Fsp3) is 0.567. The van der Waals surface area contributed by atoms with Gasteiger partial charge in [-0.15, -0.1) is 0 Å². The summed E-state index contributed by atoms with van der Waals surface area (Å²) < 4.78 is 0. The SMILES string of the molecule is CC(O)c1cc2cnc(Nc3ccc4c(n3)CCN(C(=O)[C@@H]3CCCN(C)C3)C4)nc2c(N2C3CCC2CC3)n1. The molecule has 10 nitrogen and oxygen atoms in total. The van der Waals surface area contributed by atoms with Gasteiger partial charge in [0.25, 0.3) is 0 Å². The lowest BCUT2D eigenvalue weighted by Gasteiger charge is -2.35. The maximum Gasteiger partial charge on any atom is 0.229 e. The molecule has 4 aliphatic heterocycles. The minimum atomic E-state index is -0.656. The maximum atomic E-state index is 13.2. The zero-order chi connectivity index (χ0) is 27.4. The highest BCUT2D eigenvalue weighted by atomic mass is 16.3. The third-order valence-corrected chi connectivity index (χ3v) is 9.27. The van der Waals surface area contributed by atoms with E-state index in [1.165, 1.54) is 25.7 Å². The minimum absolute atomic E-state index is 0.103. The molecule has 2 bridgehead atoms. The van der Waals surface area contributed by atoms with Crippen LogP contribution in [0.15, 0.2) is 24.4 Å². The number of nitrogens with zero attached hydrogens (tertiary/aromatic N) is 7. The number of carbonyl (C=O) groups is 1. The van der Waals surface area contributed by atoms with Crippen LogP contribution in [0.5, 0.6) is 0 Å². The van der Waals surface area contributed by atoms with E-state index in [-0.39, 0.29) is 11.8 Å². The molecule has 3 saturated heterocycles. The molecular formula is C30H38N8O2. The molecule has 10 heteroatoms. The average Bonchev–Trinajstić information content (AvgIpc) is 3.56. The quantitative estimate of drug-likeness (QED) is 0.500. The Labute approximate surface area is 234 Å². The molecule has 3 aromatic heterocycles. The van der Waals surface area contributed by atoms with Crippen molar-refractivity contribution >= 4 is 34.4 Å². The Morgan fingerprint density at radius 2 is 1.88 bits per heavy atom. The lowest BCUT2D eigenvalue weighted by Crippen LogP contribution is -2.45. The van der Waals surface area contributed by atoms with Crippen LogP contribution in [-0.2, 0) is 17.8 Å². The standard InChI is InChI=1S/C30H38N8O2/c1-18(39)25-14-21-15-31-30(35-27(21)28(33-25)38-22-6-7-23(38)9-8-22)34-26-10-5-19-17-37(13-11-24(19)32-26)29(40)20-4-3-12-36(2)16-20/h5,10,14-15,18,20,22-23,39H,3-4,6-9,11-13,16-17H2,1-2H3,(H,31,32,34,35)/t18?,20-,22?,23?/m1/s1. The first-order valence-corrected chi connectivity index (χ1v) is 14.8. The Kier molecular flexibility index (Phi) is 6.54. The highest BCUT2D eigenvalue weighted by Crippen LogP contribution is 2.42. The van der Waals surface area contributed by atoms with E-state index in [2.05, 4.69) is 33.2 Å². The molecule has 0 saturated carbocycles. The molecule has 3 aromatic rings. The highest BCUT2D eigenvalue weighted by molar-refractivity contribution is 5.90. The van der Waals surface area contributed by atoms with Crippen molar-refractivity contribution in [3.8, 4) is 0 Å². The summed E-state index contributed by atoms with van der Waals surface area (Å²) in [5, 5.41) is 14.5. The summed E-state index contributed by atoms with van der Waals surface area (Å²) in [6.07, 6.45) is 8.70. The molecule has 0 aromatic carbocycles. The zero-order valence-electron chi connectivity index (χ0n) is 23.4. The molecule has 0 radical (unpaired) electrons. The van der Waals surface area contributed by atoms with Gasteiger partial charge in [-0.1, -0.05) is 6.07 Å². The molecule has 40 heavy (non-hydrogen) atoms. The van der Waals surface area contributed by atoms with Crippen molar-refractivity contribution < 1.29 is 9.90 Å². The first kappa shape index (κ1) is 25.6. The number of aromatic nitrogens is 4. The Balaban J connectivity index is 1.12. The fourth-order valence-corrected chi connectivity index (χ4v) is 7.17. The summed E-state index contributed by atoms with van der Waals surface area (Å²) in [5.74, 6) is 2.41. The van der Waals surface area contributed by atoms with Crippen LogP contribution in [0.4, 0.5) is 17.6 Å². The number of amides is 1. The maximum absolute atomic E-state index is 13.2. The van der Waals surface area contributed by atoms with Crippen LogP contribution in [0.1, 0.15) is 68.5 Å². The van der Waals surface area contributed by atoms with Gasteiger partial charge in [0.1, 0.15) is 11.3 Å². The van der Waals surface area contributed by atoms with E-state index < -0.39 is 6.10 Å². The summed E-state index contributed by atoms with van der Waals surface area (Å²) in [5.41, 5.74) is 3.59. The van der Waals surface area contributed by atoms with Crippen molar-refractivity contribution in [1.82, 2.24) is 29.7 Å². The van der Waals surface area contributed by atoms with Crippen LogP contribution in [0.3, 0.4) is 0 Å². The van der Waals surface area contributed by atoms with E-state index in [4.69, 9.17) is 15.0 Å². The molecule has 210 valence electrons. The zero-order valence-corrected chi connectivity index (χ0v) is 23.4. The van der Waals surface area contributed by atoms with E-state index in [0.29, 0.717) is 42.6 Å². The molecule has 0 spiro atoms. The summed E-state index contributed by atoms with van der Waals surface area (Å²) in [6, 6.07) is 6.89. The Bertz CT molecular complexity index is 1420. The first-order valence-electron chi connectivity index (χ1n) is 14.8. The molecule has 3 fully saturated rings. The summed E-state index contributed by atoms with van der Waals surface area (Å²) in [7, 11) is 2.10. The van der Waals surface area contributed by atoms with Gasteiger partial charge in [0.2, 0.25) is 11.9 Å². The molecule has 4 aliphatic rings. The lowest BCUT2D eigenvalue weighted by molar-refractivity contribution is -0.138. The van der Waals surface area contributed by atoms with E-state index in [9.17, 15) is 9.90 Å². The number of aliphatic hydroxyl groups excluding tert-OH is 1. The van der Waals surface area contributed by atoms with Crippen molar-refractivity contribution in [2.24, 2.45) is 5.92 Å². The Morgan fingerprint density at radius 1 is 1.07 bits per heavy atom. The van der Waals surface area contributed by atoms with Crippen LogP contribution in [0.2, 0.25) is 0 Å². The van der Waals surface area contributed by atoms with Gasteiger partial charge < -0.3 is 25.1 Å². The van der Waals surface area contributed by atoms with Crippen LogP contribution >= 0.6 is 0 Å². The first-order chi connectivity index (χ1) is 19.4. The number of piperidine rings is 1. The van der Waals surface area contributed by atoms with Gasteiger partial charge in [0, 0.05) is 55.4 Å². The van der Waals surface area contributed by atoms with Crippen LogP contribution < -0.4 is 10.2 Å². The predicted molar refractivity (Wildman–Crippen MR) is 153 cm³/mol. The third-order valence-electron chi connectivity index (χ3n) is 9.27. The second-order valence-corrected chi connectivity index (χ2v) is 12.1. The summed E-state index contributed by atoms with van der Waals surface area (Å²) >= 11 is 0. The third kappa shape index (κ3) is 4.66. The van der Waals surface area contributed by atoms with Crippen molar-refractivity contribution in [2.75, 3.05) is 36.9 Å². The van der Waals surface area contributed by atoms with Gasteiger partial charge in [0.05, 0.1) is 17.7 Å². The van der Waals surface area contributed by atoms with Crippen LogP contribution in [0.25, 0.3) is 10.9 Å². The average molecular weight is 543 g/mol. The molecule has 7 rings (SSSR count). The molecule has 1 amide bonds.